The molecule has 0 radical (unpaired) electrons. The summed E-state index contributed by atoms with van der Waals surface area (Å²) in [5.41, 5.74) is -1.56. The van der Waals surface area contributed by atoms with Gasteiger partial charge in [-0.15, -0.1) is 0 Å². The fourth-order valence-corrected chi connectivity index (χ4v) is 1.49. The van der Waals surface area contributed by atoms with Crippen molar-refractivity contribution in [3.8, 4) is 0 Å². The molecule has 3 atom stereocenters. The lowest BCUT2D eigenvalue weighted by atomic mass is 9.77. The number of aliphatic hydroxyl groups is 1. The average molecular weight is 188 g/mol. The number of hydrogen-bond donors (Lipinski definition) is 2. The number of hydrogen-bond acceptors (Lipinski definition) is 2. The van der Waals surface area contributed by atoms with Gasteiger partial charge < -0.3 is 10.2 Å². The van der Waals surface area contributed by atoms with Crippen molar-refractivity contribution in [2.45, 2.75) is 46.1 Å². The molecule has 0 saturated heterocycles. The van der Waals surface area contributed by atoms with E-state index >= 15 is 0 Å². The van der Waals surface area contributed by atoms with E-state index in [0.29, 0.717) is 0 Å². The van der Waals surface area contributed by atoms with E-state index in [2.05, 4.69) is 0 Å². The lowest BCUT2D eigenvalue weighted by Gasteiger charge is -2.32. The van der Waals surface area contributed by atoms with E-state index in [1.807, 2.05) is 13.8 Å². The molecule has 0 bridgehead atoms. The monoisotopic (exact) mass is 188 g/mol. The SMILES string of the molecule is CCC(C)C(C)C(O)(CC)C(=O)O. The summed E-state index contributed by atoms with van der Waals surface area (Å²) in [5, 5.41) is 18.8. The van der Waals surface area contributed by atoms with E-state index in [0.717, 1.165) is 6.42 Å². The van der Waals surface area contributed by atoms with Crippen LogP contribution in [0.5, 0.6) is 0 Å². The maximum atomic E-state index is 10.9. The third-order valence-electron chi connectivity index (χ3n) is 3.16. The highest BCUT2D eigenvalue weighted by Gasteiger charge is 2.41. The Morgan fingerprint density at radius 1 is 1.38 bits per heavy atom. The number of rotatable bonds is 5. The molecule has 3 unspecified atom stereocenters. The zero-order valence-electron chi connectivity index (χ0n) is 8.87. The van der Waals surface area contributed by atoms with Gasteiger partial charge in [0.25, 0.3) is 0 Å². The van der Waals surface area contributed by atoms with Gasteiger partial charge >= 0.3 is 5.97 Å². The zero-order valence-corrected chi connectivity index (χ0v) is 8.87. The topological polar surface area (TPSA) is 57.5 Å². The van der Waals surface area contributed by atoms with Crippen LogP contribution in [0.4, 0.5) is 0 Å². The van der Waals surface area contributed by atoms with Crippen LogP contribution in [0.3, 0.4) is 0 Å². The Morgan fingerprint density at radius 3 is 2.08 bits per heavy atom. The third kappa shape index (κ3) is 2.44. The van der Waals surface area contributed by atoms with Crippen LogP contribution in [0.2, 0.25) is 0 Å². The van der Waals surface area contributed by atoms with Crippen molar-refractivity contribution in [2.75, 3.05) is 0 Å². The predicted octanol–water partition coefficient (Wildman–Crippen LogP) is 1.89. The molecule has 0 aliphatic heterocycles. The molecule has 0 amide bonds. The molecule has 0 rings (SSSR count). The standard InChI is InChI=1S/C10H20O3/c1-5-7(3)8(4)10(13,6-2)9(11)12/h7-8,13H,5-6H2,1-4H3,(H,11,12). The fourth-order valence-electron chi connectivity index (χ4n) is 1.49. The van der Waals surface area contributed by atoms with Crippen molar-refractivity contribution >= 4 is 5.97 Å². The van der Waals surface area contributed by atoms with Gasteiger partial charge in [-0.2, -0.15) is 0 Å². The van der Waals surface area contributed by atoms with Gasteiger partial charge in [0.05, 0.1) is 0 Å². The molecule has 0 saturated carbocycles. The van der Waals surface area contributed by atoms with E-state index in [9.17, 15) is 9.90 Å². The minimum absolute atomic E-state index is 0.208. The Hall–Kier alpha value is -0.570. The predicted molar refractivity (Wildman–Crippen MR) is 51.5 cm³/mol. The summed E-state index contributed by atoms with van der Waals surface area (Å²) in [6.07, 6.45) is 1.14. The van der Waals surface area contributed by atoms with Crippen molar-refractivity contribution in [3.63, 3.8) is 0 Å². The molecule has 0 aliphatic rings. The second-order valence-corrected chi connectivity index (χ2v) is 3.76. The van der Waals surface area contributed by atoms with Crippen LogP contribution in [-0.4, -0.2) is 21.8 Å². The molecule has 78 valence electrons. The van der Waals surface area contributed by atoms with Crippen LogP contribution in [0.25, 0.3) is 0 Å². The molecule has 0 aromatic carbocycles. The highest BCUT2D eigenvalue weighted by atomic mass is 16.4. The summed E-state index contributed by atoms with van der Waals surface area (Å²) in [6.45, 7) is 7.46. The maximum Gasteiger partial charge on any atom is 0.335 e. The summed E-state index contributed by atoms with van der Waals surface area (Å²) in [4.78, 5) is 10.9. The number of aliphatic carboxylic acids is 1. The van der Waals surface area contributed by atoms with Crippen molar-refractivity contribution in [3.05, 3.63) is 0 Å². The van der Waals surface area contributed by atoms with Gasteiger partial charge in [-0.3, -0.25) is 0 Å². The fraction of sp³-hybridized carbons (Fsp3) is 0.900. The molecular formula is C10H20O3. The summed E-state index contributed by atoms with van der Waals surface area (Å²) in [7, 11) is 0. The smallest absolute Gasteiger partial charge is 0.335 e. The molecule has 3 nitrogen and oxygen atoms in total. The van der Waals surface area contributed by atoms with Gasteiger partial charge in [0.2, 0.25) is 0 Å². The van der Waals surface area contributed by atoms with Crippen LogP contribution in [-0.2, 0) is 4.79 Å². The third-order valence-corrected chi connectivity index (χ3v) is 3.16. The largest absolute Gasteiger partial charge is 0.479 e. The van der Waals surface area contributed by atoms with Crippen molar-refractivity contribution < 1.29 is 15.0 Å². The molecule has 13 heavy (non-hydrogen) atoms. The molecule has 0 fully saturated rings. The van der Waals surface area contributed by atoms with E-state index < -0.39 is 11.6 Å². The molecule has 0 aromatic heterocycles. The van der Waals surface area contributed by atoms with Crippen molar-refractivity contribution in [1.29, 1.82) is 0 Å². The molecule has 2 N–H and O–H groups in total. The van der Waals surface area contributed by atoms with Gasteiger partial charge in [-0.05, 0) is 18.3 Å². The number of carboxylic acid groups (broad SMARTS) is 1. The van der Waals surface area contributed by atoms with Gasteiger partial charge in [0.15, 0.2) is 5.60 Å². The first-order valence-corrected chi connectivity index (χ1v) is 4.85. The minimum Gasteiger partial charge on any atom is -0.479 e. The summed E-state index contributed by atoms with van der Waals surface area (Å²) in [6, 6.07) is 0. The highest BCUT2D eigenvalue weighted by molar-refractivity contribution is 5.77. The molecule has 3 heteroatoms. The molecule has 0 aromatic rings. The van der Waals surface area contributed by atoms with E-state index in [-0.39, 0.29) is 18.3 Å². The van der Waals surface area contributed by atoms with E-state index in [4.69, 9.17) is 5.11 Å². The van der Waals surface area contributed by atoms with Crippen LogP contribution in [0, 0.1) is 11.8 Å². The Kier molecular flexibility index (Phi) is 4.40. The maximum absolute atomic E-state index is 10.9. The first-order chi connectivity index (χ1) is 5.90. The normalized spacial score (nSPS) is 20.4. The Bertz CT molecular complexity index is 179. The Morgan fingerprint density at radius 2 is 1.85 bits per heavy atom. The van der Waals surface area contributed by atoms with Gasteiger partial charge in [0.1, 0.15) is 0 Å². The summed E-state index contributed by atoms with van der Waals surface area (Å²) >= 11 is 0. The van der Waals surface area contributed by atoms with E-state index in [1.165, 1.54) is 0 Å². The quantitative estimate of drug-likeness (QED) is 0.692. The number of carbonyl (C=O) groups is 1. The minimum atomic E-state index is -1.56. The summed E-state index contributed by atoms with van der Waals surface area (Å²) < 4.78 is 0. The van der Waals surface area contributed by atoms with Crippen molar-refractivity contribution in [1.82, 2.24) is 0 Å². The number of carboxylic acids is 1. The van der Waals surface area contributed by atoms with Crippen LogP contribution < -0.4 is 0 Å². The second-order valence-electron chi connectivity index (χ2n) is 3.76. The zero-order chi connectivity index (χ0) is 10.6. The second kappa shape index (κ2) is 4.61. The summed E-state index contributed by atoms with van der Waals surface area (Å²) in [5.74, 6) is -1.09. The van der Waals surface area contributed by atoms with Gasteiger partial charge in [-0.25, -0.2) is 4.79 Å². The van der Waals surface area contributed by atoms with Crippen molar-refractivity contribution in [2.24, 2.45) is 11.8 Å². The first kappa shape index (κ1) is 12.4. The average Bonchev–Trinajstić information content (AvgIpc) is 2.13. The highest BCUT2D eigenvalue weighted by Crippen LogP contribution is 2.29. The Labute approximate surface area is 79.8 Å². The lowest BCUT2D eigenvalue weighted by Crippen LogP contribution is -2.46. The first-order valence-electron chi connectivity index (χ1n) is 4.85. The van der Waals surface area contributed by atoms with Crippen LogP contribution in [0.1, 0.15) is 40.5 Å². The molecule has 0 aliphatic carbocycles. The van der Waals surface area contributed by atoms with Gasteiger partial charge in [-0.1, -0.05) is 34.1 Å². The Balaban J connectivity index is 4.65. The molecular weight excluding hydrogens is 168 g/mol. The van der Waals surface area contributed by atoms with Crippen LogP contribution in [0.15, 0.2) is 0 Å². The van der Waals surface area contributed by atoms with Gasteiger partial charge in [0, 0.05) is 0 Å². The molecule has 0 spiro atoms. The van der Waals surface area contributed by atoms with Crippen LogP contribution >= 0.6 is 0 Å². The van der Waals surface area contributed by atoms with E-state index in [1.54, 1.807) is 13.8 Å². The molecule has 0 heterocycles. The lowest BCUT2D eigenvalue weighted by molar-refractivity contribution is -0.167.